The summed E-state index contributed by atoms with van der Waals surface area (Å²) in [5.74, 6) is -1.02. The molecular weight excluding hydrogens is 514 g/mol. The Labute approximate surface area is 222 Å². The lowest BCUT2D eigenvalue weighted by Gasteiger charge is -2.11. The van der Waals surface area contributed by atoms with Crippen molar-refractivity contribution in [2.45, 2.75) is 25.5 Å². The van der Waals surface area contributed by atoms with E-state index in [1.54, 1.807) is 36.5 Å². The molecule has 1 atom stereocenters. The van der Waals surface area contributed by atoms with Gasteiger partial charge < -0.3 is 14.6 Å². The van der Waals surface area contributed by atoms with Crippen molar-refractivity contribution < 1.29 is 23.9 Å². The summed E-state index contributed by atoms with van der Waals surface area (Å²) in [6.07, 6.45) is 5.44. The lowest BCUT2D eigenvalue weighted by Crippen LogP contribution is -2.34. The largest absolute Gasteiger partial charge is 0.376 e. The van der Waals surface area contributed by atoms with E-state index in [1.807, 2.05) is 28.8 Å². The van der Waals surface area contributed by atoms with Crippen LogP contribution in [0, 0.1) is 0 Å². The summed E-state index contributed by atoms with van der Waals surface area (Å²) in [5.41, 5.74) is 1.91. The van der Waals surface area contributed by atoms with Crippen molar-refractivity contribution in [2.75, 3.05) is 19.7 Å². The van der Waals surface area contributed by atoms with E-state index in [2.05, 4.69) is 5.32 Å². The second kappa shape index (κ2) is 10.9. The van der Waals surface area contributed by atoms with Gasteiger partial charge in [0.25, 0.3) is 11.1 Å². The summed E-state index contributed by atoms with van der Waals surface area (Å²) in [4.78, 5) is 52.0. The first kappa shape index (κ1) is 25.3. The Hall–Kier alpha value is -3.40. The van der Waals surface area contributed by atoms with Crippen molar-refractivity contribution in [1.29, 1.82) is 0 Å². The molecule has 0 radical (unpaired) electrons. The number of rotatable bonds is 8. The predicted octanol–water partition coefficient (Wildman–Crippen LogP) is 4.51. The van der Waals surface area contributed by atoms with Crippen LogP contribution in [0.25, 0.3) is 17.0 Å². The summed E-state index contributed by atoms with van der Waals surface area (Å²) >= 11 is 6.67. The van der Waals surface area contributed by atoms with Gasteiger partial charge in [-0.05, 0) is 61.0 Å². The number of nitrogens with one attached hydrogen (secondary N) is 1. The van der Waals surface area contributed by atoms with Crippen LogP contribution in [-0.4, -0.2) is 58.1 Å². The monoisotopic (exact) mass is 537 g/mol. The molecule has 0 aliphatic carbocycles. The first-order chi connectivity index (χ1) is 17.9. The smallest absolute Gasteiger partial charge is 0.293 e. The number of ether oxygens (including phenoxy) is 1. The number of hydrogen-bond donors (Lipinski definition) is 1. The highest BCUT2D eigenvalue weighted by Gasteiger charge is 2.36. The van der Waals surface area contributed by atoms with Crippen molar-refractivity contribution in [3.05, 3.63) is 75.8 Å². The van der Waals surface area contributed by atoms with E-state index < -0.39 is 11.1 Å². The normalized spacial score (nSPS) is 18.8. The summed E-state index contributed by atoms with van der Waals surface area (Å²) in [6.45, 7) is 0.966. The van der Waals surface area contributed by atoms with Gasteiger partial charge in [-0.3, -0.25) is 24.1 Å². The fourth-order valence-electron chi connectivity index (χ4n) is 4.41. The number of amides is 3. The molecule has 1 aromatic heterocycles. The molecule has 3 aromatic rings. The first-order valence-electron chi connectivity index (χ1n) is 11.9. The molecule has 0 spiro atoms. The van der Waals surface area contributed by atoms with Crippen LogP contribution in [0.5, 0.6) is 0 Å². The average molecular weight is 538 g/mol. The second-order valence-electron chi connectivity index (χ2n) is 8.87. The molecule has 190 valence electrons. The minimum absolute atomic E-state index is 0.0584. The van der Waals surface area contributed by atoms with E-state index in [0.717, 1.165) is 47.0 Å². The van der Waals surface area contributed by atoms with Crippen LogP contribution in [-0.2, 0) is 20.9 Å². The van der Waals surface area contributed by atoms with Gasteiger partial charge in [-0.1, -0.05) is 29.8 Å². The fourth-order valence-corrected chi connectivity index (χ4v) is 5.37. The van der Waals surface area contributed by atoms with Gasteiger partial charge in [-0.2, -0.15) is 0 Å². The van der Waals surface area contributed by atoms with Crippen molar-refractivity contribution in [3.63, 3.8) is 0 Å². The molecule has 5 rings (SSSR count). The van der Waals surface area contributed by atoms with Crippen LogP contribution in [0.1, 0.15) is 28.8 Å². The molecule has 0 bridgehead atoms. The van der Waals surface area contributed by atoms with Crippen LogP contribution in [0.15, 0.2) is 59.6 Å². The molecular formula is C27H24ClN3O5S. The molecule has 2 aliphatic rings. The van der Waals surface area contributed by atoms with Gasteiger partial charge in [-0.15, -0.1) is 0 Å². The van der Waals surface area contributed by atoms with Gasteiger partial charge in [0.2, 0.25) is 5.91 Å². The Kier molecular flexibility index (Phi) is 7.45. The van der Waals surface area contributed by atoms with E-state index in [4.69, 9.17) is 16.3 Å². The molecule has 0 saturated carbocycles. The molecule has 3 heterocycles. The average Bonchev–Trinajstić information content (AvgIpc) is 3.60. The maximum absolute atomic E-state index is 13.0. The van der Waals surface area contributed by atoms with Crippen molar-refractivity contribution in [1.82, 2.24) is 14.8 Å². The molecule has 2 aliphatic heterocycles. The Morgan fingerprint density at radius 3 is 2.65 bits per heavy atom. The maximum Gasteiger partial charge on any atom is 0.293 e. The number of para-hydroxylation sites is 1. The Morgan fingerprint density at radius 1 is 1.11 bits per heavy atom. The standard InChI is InChI=1S/C27H24ClN3O5S/c28-19-9-7-17(8-10-19)23(32)15-31-26(34)24(37-27(31)35)12-18-14-30(22-6-2-1-5-21(18)22)16-25(33)29-13-20-4-3-11-36-20/h1-2,5-10,12,14,20H,3-4,11,13,15-16H2,(H,29,33)/b24-12-/t20-/m1/s1. The quantitative estimate of drug-likeness (QED) is 0.335. The number of imide groups is 1. The summed E-state index contributed by atoms with van der Waals surface area (Å²) < 4.78 is 7.38. The van der Waals surface area contributed by atoms with Crippen LogP contribution >= 0.6 is 23.4 Å². The summed E-state index contributed by atoms with van der Waals surface area (Å²) in [6, 6.07) is 13.8. The molecule has 2 saturated heterocycles. The van der Waals surface area contributed by atoms with E-state index in [-0.39, 0.29) is 35.8 Å². The number of nitrogens with zero attached hydrogens (tertiary/aromatic N) is 2. The van der Waals surface area contributed by atoms with Gasteiger partial charge in [-0.25, -0.2) is 0 Å². The van der Waals surface area contributed by atoms with Gasteiger partial charge in [0.05, 0.1) is 17.6 Å². The third-order valence-electron chi connectivity index (χ3n) is 6.31. The zero-order chi connectivity index (χ0) is 25.9. The zero-order valence-electron chi connectivity index (χ0n) is 19.8. The van der Waals surface area contributed by atoms with E-state index in [9.17, 15) is 19.2 Å². The number of carbonyl (C=O) groups excluding carboxylic acids is 4. The van der Waals surface area contributed by atoms with Crippen LogP contribution in [0.3, 0.4) is 0 Å². The second-order valence-corrected chi connectivity index (χ2v) is 10.3. The highest BCUT2D eigenvalue weighted by molar-refractivity contribution is 8.18. The number of halogens is 1. The molecule has 10 heteroatoms. The molecule has 3 amide bonds. The molecule has 2 fully saturated rings. The Morgan fingerprint density at radius 2 is 1.89 bits per heavy atom. The van der Waals surface area contributed by atoms with Crippen LogP contribution in [0.2, 0.25) is 5.02 Å². The van der Waals surface area contributed by atoms with Crippen molar-refractivity contribution in [3.8, 4) is 0 Å². The molecule has 37 heavy (non-hydrogen) atoms. The molecule has 0 unspecified atom stereocenters. The minimum atomic E-state index is -0.525. The van der Waals surface area contributed by atoms with E-state index in [1.165, 1.54) is 0 Å². The van der Waals surface area contributed by atoms with Gasteiger partial charge in [0, 0.05) is 46.4 Å². The van der Waals surface area contributed by atoms with Crippen LogP contribution in [0.4, 0.5) is 4.79 Å². The van der Waals surface area contributed by atoms with E-state index >= 15 is 0 Å². The van der Waals surface area contributed by atoms with Crippen LogP contribution < -0.4 is 5.32 Å². The van der Waals surface area contributed by atoms with Gasteiger partial charge >= 0.3 is 0 Å². The highest BCUT2D eigenvalue weighted by Crippen LogP contribution is 2.34. The third-order valence-corrected chi connectivity index (χ3v) is 7.47. The number of aromatic nitrogens is 1. The number of thioether (sulfide) groups is 1. The van der Waals surface area contributed by atoms with Gasteiger partial charge in [0.15, 0.2) is 5.78 Å². The lowest BCUT2D eigenvalue weighted by molar-refractivity contribution is -0.123. The number of benzene rings is 2. The maximum atomic E-state index is 13.0. The SMILES string of the molecule is O=C(Cn1cc(/C=C2\SC(=O)N(CC(=O)c3ccc(Cl)cc3)C2=O)c2ccccc21)NC[C@H]1CCCO1. The predicted molar refractivity (Wildman–Crippen MR) is 142 cm³/mol. The highest BCUT2D eigenvalue weighted by atomic mass is 35.5. The van der Waals surface area contributed by atoms with Crippen molar-refractivity contribution in [2.24, 2.45) is 0 Å². The Balaban J connectivity index is 1.32. The first-order valence-corrected chi connectivity index (χ1v) is 13.1. The minimum Gasteiger partial charge on any atom is -0.376 e. The van der Waals surface area contributed by atoms with E-state index in [0.29, 0.717) is 22.7 Å². The topological polar surface area (TPSA) is 97.7 Å². The number of carbonyl (C=O) groups is 4. The fraction of sp³-hybridized carbons (Fsp3) is 0.259. The summed E-state index contributed by atoms with van der Waals surface area (Å²) in [7, 11) is 0. The van der Waals surface area contributed by atoms with Crippen molar-refractivity contribution >= 4 is 63.2 Å². The zero-order valence-corrected chi connectivity index (χ0v) is 21.4. The number of Topliss-reactive ketones (excluding diaryl/α,β-unsaturated/α-hetero) is 1. The third kappa shape index (κ3) is 5.64. The Bertz CT molecular complexity index is 1410. The lowest BCUT2D eigenvalue weighted by atomic mass is 10.1. The summed E-state index contributed by atoms with van der Waals surface area (Å²) in [5, 5.41) is 3.76. The van der Waals surface area contributed by atoms with Gasteiger partial charge in [0.1, 0.15) is 6.54 Å². The number of hydrogen-bond acceptors (Lipinski definition) is 6. The molecule has 2 aromatic carbocycles. The molecule has 1 N–H and O–H groups in total. The molecule has 8 nitrogen and oxygen atoms in total. The number of fused-ring (bicyclic) bond motifs is 1. The number of ketones is 1.